The number of rotatable bonds is 8. The van der Waals surface area contributed by atoms with Crippen LogP contribution in [0.5, 0.6) is 0 Å². The van der Waals surface area contributed by atoms with Gasteiger partial charge in [0.2, 0.25) is 6.10 Å². The number of esters is 1. The quantitative estimate of drug-likeness (QED) is 0.300. The van der Waals surface area contributed by atoms with Crippen molar-refractivity contribution in [2.75, 3.05) is 13.1 Å². The van der Waals surface area contributed by atoms with Gasteiger partial charge in [-0.15, -0.1) is 0 Å². The minimum absolute atomic E-state index is 0.0746. The van der Waals surface area contributed by atoms with E-state index in [0.29, 0.717) is 24.2 Å². The number of benzene rings is 2. The lowest BCUT2D eigenvalue weighted by Crippen LogP contribution is -2.36. The third kappa shape index (κ3) is 5.51. The van der Waals surface area contributed by atoms with Gasteiger partial charge in [0.1, 0.15) is 0 Å². The number of carbonyl (C=O) groups is 2. The predicted octanol–water partition coefficient (Wildman–Crippen LogP) is 3.76. The lowest BCUT2D eigenvalue weighted by molar-refractivity contribution is -0.384. The minimum atomic E-state index is -1.05. The van der Waals surface area contributed by atoms with Crippen molar-refractivity contribution in [1.82, 2.24) is 4.90 Å². The fourth-order valence-corrected chi connectivity index (χ4v) is 2.65. The fraction of sp³-hybridized carbons (Fsp3) is 0.238. The first-order valence-electron chi connectivity index (χ1n) is 8.93. The molecule has 2 rings (SSSR count). The zero-order chi connectivity index (χ0) is 20.5. The minimum Gasteiger partial charge on any atom is -0.444 e. The van der Waals surface area contributed by atoms with Gasteiger partial charge in [0.15, 0.2) is 0 Å². The van der Waals surface area contributed by atoms with E-state index in [1.54, 1.807) is 35.2 Å². The third-order valence-corrected chi connectivity index (χ3v) is 4.13. The number of hydrogen-bond donors (Lipinski definition) is 0. The van der Waals surface area contributed by atoms with Gasteiger partial charge in [-0.05, 0) is 25.5 Å². The van der Waals surface area contributed by atoms with Crippen molar-refractivity contribution in [3.8, 4) is 0 Å². The van der Waals surface area contributed by atoms with Gasteiger partial charge >= 0.3 is 5.97 Å². The number of amides is 1. The Morgan fingerprint density at radius 1 is 1.11 bits per heavy atom. The third-order valence-electron chi connectivity index (χ3n) is 4.13. The van der Waals surface area contributed by atoms with Crippen LogP contribution in [-0.4, -0.2) is 34.8 Å². The number of hydrogen-bond acceptors (Lipinski definition) is 5. The van der Waals surface area contributed by atoms with E-state index in [2.05, 4.69) is 0 Å². The van der Waals surface area contributed by atoms with Crippen LogP contribution in [0.3, 0.4) is 0 Å². The zero-order valence-corrected chi connectivity index (χ0v) is 15.8. The van der Waals surface area contributed by atoms with E-state index >= 15 is 0 Å². The van der Waals surface area contributed by atoms with Crippen molar-refractivity contribution in [3.63, 3.8) is 0 Å². The van der Waals surface area contributed by atoms with Crippen molar-refractivity contribution < 1.29 is 19.2 Å². The molecule has 0 spiro atoms. The summed E-state index contributed by atoms with van der Waals surface area (Å²) in [6.45, 7) is 4.71. The Balaban J connectivity index is 2.19. The summed E-state index contributed by atoms with van der Waals surface area (Å²) in [5.74, 6) is -1.01. The smallest absolute Gasteiger partial charge is 0.331 e. The first-order chi connectivity index (χ1) is 13.5. The average molecular weight is 382 g/mol. The largest absolute Gasteiger partial charge is 0.444 e. The van der Waals surface area contributed by atoms with Crippen molar-refractivity contribution in [2.45, 2.75) is 20.0 Å². The summed E-state index contributed by atoms with van der Waals surface area (Å²) in [5, 5.41) is 10.8. The Bertz CT molecular complexity index is 860. The second-order valence-electron chi connectivity index (χ2n) is 5.92. The fourth-order valence-electron chi connectivity index (χ4n) is 2.65. The second-order valence-corrected chi connectivity index (χ2v) is 5.92. The molecule has 0 saturated carbocycles. The van der Waals surface area contributed by atoms with E-state index in [1.807, 2.05) is 19.9 Å². The summed E-state index contributed by atoms with van der Waals surface area (Å²) in [4.78, 5) is 37.0. The zero-order valence-electron chi connectivity index (χ0n) is 15.8. The standard InChI is InChI=1S/C21H22N2O5/c1-3-22(4-2)21(25)20(17-10-6-5-7-11-17)28-19(24)14-13-16-9-8-12-18(15-16)23(26)27/h5-15,20H,3-4H2,1-2H3/b14-13+/t20-/m1/s1. The predicted molar refractivity (Wildman–Crippen MR) is 105 cm³/mol. The molecule has 0 saturated heterocycles. The molecule has 7 nitrogen and oxygen atoms in total. The number of nitro benzene ring substituents is 1. The summed E-state index contributed by atoms with van der Waals surface area (Å²) in [7, 11) is 0. The molecule has 1 atom stereocenters. The Hall–Kier alpha value is -3.48. The van der Waals surface area contributed by atoms with Crippen LogP contribution in [0.2, 0.25) is 0 Å². The molecule has 0 aromatic heterocycles. The number of nitro groups is 1. The molecular formula is C21H22N2O5. The van der Waals surface area contributed by atoms with Crippen LogP contribution < -0.4 is 0 Å². The molecule has 0 fully saturated rings. The molecule has 0 N–H and O–H groups in total. The summed E-state index contributed by atoms with van der Waals surface area (Å²) in [5.41, 5.74) is 0.989. The maximum Gasteiger partial charge on any atom is 0.331 e. The van der Waals surface area contributed by atoms with E-state index in [0.717, 1.165) is 6.08 Å². The number of non-ortho nitro benzene ring substituents is 1. The van der Waals surface area contributed by atoms with Crippen molar-refractivity contribution in [1.29, 1.82) is 0 Å². The number of likely N-dealkylation sites (N-methyl/N-ethyl adjacent to an activating group) is 1. The molecule has 1 amide bonds. The molecule has 0 aliphatic carbocycles. The monoisotopic (exact) mass is 382 g/mol. The molecule has 0 aliphatic rings. The van der Waals surface area contributed by atoms with Gasteiger partial charge in [-0.1, -0.05) is 42.5 Å². The average Bonchev–Trinajstić information content (AvgIpc) is 2.72. The van der Waals surface area contributed by atoms with E-state index in [1.165, 1.54) is 24.3 Å². The number of ether oxygens (including phenoxy) is 1. The normalized spacial score (nSPS) is 11.8. The van der Waals surface area contributed by atoms with Crippen molar-refractivity contribution >= 4 is 23.6 Å². The SMILES string of the molecule is CCN(CC)C(=O)[C@H](OC(=O)/C=C/c1cccc([N+](=O)[O-])c1)c1ccccc1. The maximum absolute atomic E-state index is 12.8. The molecule has 0 unspecified atom stereocenters. The molecule has 0 bridgehead atoms. The lowest BCUT2D eigenvalue weighted by atomic mass is 10.1. The van der Waals surface area contributed by atoms with E-state index in [9.17, 15) is 19.7 Å². The van der Waals surface area contributed by atoms with Gasteiger partial charge < -0.3 is 9.64 Å². The Kier molecular flexibility index (Phi) is 7.45. The summed E-state index contributed by atoms with van der Waals surface area (Å²) >= 11 is 0. The Morgan fingerprint density at radius 3 is 2.39 bits per heavy atom. The number of nitrogens with zero attached hydrogens (tertiary/aromatic N) is 2. The Morgan fingerprint density at radius 2 is 1.79 bits per heavy atom. The summed E-state index contributed by atoms with van der Waals surface area (Å²) in [6, 6.07) is 14.7. The van der Waals surface area contributed by atoms with Crippen LogP contribution in [0.1, 0.15) is 31.1 Å². The molecule has 28 heavy (non-hydrogen) atoms. The molecule has 2 aromatic rings. The lowest BCUT2D eigenvalue weighted by Gasteiger charge is -2.25. The van der Waals surface area contributed by atoms with Crippen LogP contribution in [0.15, 0.2) is 60.7 Å². The van der Waals surface area contributed by atoms with Gasteiger partial charge in [-0.2, -0.15) is 0 Å². The summed E-state index contributed by atoms with van der Waals surface area (Å²) in [6.07, 6.45) is 1.52. The van der Waals surface area contributed by atoms with Gasteiger partial charge in [-0.3, -0.25) is 14.9 Å². The van der Waals surface area contributed by atoms with E-state index in [4.69, 9.17) is 4.74 Å². The van der Waals surface area contributed by atoms with Crippen LogP contribution in [0.4, 0.5) is 5.69 Å². The molecule has 0 aliphatic heterocycles. The summed E-state index contributed by atoms with van der Waals surface area (Å²) < 4.78 is 5.43. The van der Waals surface area contributed by atoms with Crippen LogP contribution in [-0.2, 0) is 14.3 Å². The molecule has 0 radical (unpaired) electrons. The van der Waals surface area contributed by atoms with Crippen molar-refractivity contribution in [2.24, 2.45) is 0 Å². The topological polar surface area (TPSA) is 89.8 Å². The molecular weight excluding hydrogens is 360 g/mol. The highest BCUT2D eigenvalue weighted by Crippen LogP contribution is 2.21. The van der Waals surface area contributed by atoms with E-state index in [-0.39, 0.29) is 11.6 Å². The number of carbonyl (C=O) groups excluding carboxylic acids is 2. The van der Waals surface area contributed by atoms with Gasteiger partial charge in [0, 0.05) is 36.9 Å². The highest BCUT2D eigenvalue weighted by atomic mass is 16.6. The van der Waals surface area contributed by atoms with Gasteiger partial charge in [0.25, 0.3) is 11.6 Å². The second kappa shape index (κ2) is 10.0. The Labute approximate surface area is 163 Å². The van der Waals surface area contributed by atoms with Gasteiger partial charge in [-0.25, -0.2) is 4.79 Å². The van der Waals surface area contributed by atoms with Crippen LogP contribution in [0, 0.1) is 10.1 Å². The first kappa shape index (κ1) is 20.8. The van der Waals surface area contributed by atoms with Crippen molar-refractivity contribution in [3.05, 3.63) is 81.9 Å². The van der Waals surface area contributed by atoms with Gasteiger partial charge in [0.05, 0.1) is 4.92 Å². The molecule has 146 valence electrons. The maximum atomic E-state index is 12.8. The molecule has 0 heterocycles. The molecule has 7 heteroatoms. The van der Waals surface area contributed by atoms with Crippen LogP contribution >= 0.6 is 0 Å². The molecule has 2 aromatic carbocycles. The van der Waals surface area contributed by atoms with Crippen LogP contribution in [0.25, 0.3) is 6.08 Å². The first-order valence-corrected chi connectivity index (χ1v) is 8.93. The highest BCUT2D eigenvalue weighted by molar-refractivity contribution is 5.91. The highest BCUT2D eigenvalue weighted by Gasteiger charge is 2.27. The van der Waals surface area contributed by atoms with E-state index < -0.39 is 17.0 Å².